The molecule has 6 nitrogen and oxygen atoms in total. The van der Waals surface area contributed by atoms with Crippen molar-refractivity contribution in [1.29, 1.82) is 0 Å². The Bertz CT molecular complexity index is 331. The van der Waals surface area contributed by atoms with Crippen molar-refractivity contribution in [2.75, 3.05) is 6.54 Å². The predicted molar refractivity (Wildman–Crippen MR) is 58.3 cm³/mol. The van der Waals surface area contributed by atoms with Gasteiger partial charge in [-0.25, -0.2) is 4.79 Å². The number of hydrogen-bond donors (Lipinski definition) is 3. The third kappa shape index (κ3) is 12.4. The molecule has 0 heterocycles. The number of alkyl halides is 3. The maximum Gasteiger partial charge on any atom is 0.390 e. The Morgan fingerprint density at radius 3 is 2.16 bits per heavy atom. The maximum atomic E-state index is 11.8. The van der Waals surface area contributed by atoms with Crippen molar-refractivity contribution in [3.8, 4) is 0 Å². The fourth-order valence-corrected chi connectivity index (χ4v) is 1.11. The largest absolute Gasteiger partial charge is 0.481 e. The Kier molecular flexibility index (Phi) is 7.54. The van der Waals surface area contributed by atoms with Crippen LogP contribution in [0.3, 0.4) is 0 Å². The second-order valence-electron chi connectivity index (χ2n) is 3.77. The van der Waals surface area contributed by atoms with Crippen LogP contribution >= 0.6 is 0 Å². The van der Waals surface area contributed by atoms with E-state index in [2.05, 4.69) is 0 Å². The summed E-state index contributed by atoms with van der Waals surface area (Å²) in [6, 6.07) is -0.993. The standard InChI is InChI=1S/C10H15F3N2O4/c11-10(12,13)5-6-14-9(19)15-7(16)3-1-2-4-8(17)18/h1-6H2,(H,17,18)(H2,14,15,16,19). The van der Waals surface area contributed by atoms with Crippen LogP contribution in [0, 0.1) is 0 Å². The van der Waals surface area contributed by atoms with Gasteiger partial charge in [0.2, 0.25) is 5.91 Å². The van der Waals surface area contributed by atoms with E-state index in [9.17, 15) is 27.6 Å². The topological polar surface area (TPSA) is 95.5 Å². The number of amides is 3. The highest BCUT2D eigenvalue weighted by atomic mass is 19.4. The van der Waals surface area contributed by atoms with E-state index in [0.29, 0.717) is 6.42 Å². The number of carbonyl (C=O) groups excluding carboxylic acids is 2. The van der Waals surface area contributed by atoms with Crippen LogP contribution < -0.4 is 10.6 Å². The number of urea groups is 1. The quantitative estimate of drug-likeness (QED) is 0.616. The molecule has 0 atom stereocenters. The van der Waals surface area contributed by atoms with E-state index in [1.807, 2.05) is 10.6 Å². The first kappa shape index (κ1) is 17.2. The summed E-state index contributed by atoms with van der Waals surface area (Å²) >= 11 is 0. The fourth-order valence-electron chi connectivity index (χ4n) is 1.11. The van der Waals surface area contributed by atoms with Gasteiger partial charge in [-0.2, -0.15) is 13.2 Å². The Morgan fingerprint density at radius 1 is 1.05 bits per heavy atom. The monoisotopic (exact) mass is 284 g/mol. The normalized spacial score (nSPS) is 10.9. The molecule has 19 heavy (non-hydrogen) atoms. The first-order valence-electron chi connectivity index (χ1n) is 5.57. The van der Waals surface area contributed by atoms with Crippen molar-refractivity contribution in [1.82, 2.24) is 10.6 Å². The number of imide groups is 1. The van der Waals surface area contributed by atoms with Gasteiger partial charge in [0.05, 0.1) is 6.42 Å². The third-order valence-corrected chi connectivity index (χ3v) is 1.99. The summed E-state index contributed by atoms with van der Waals surface area (Å²) in [7, 11) is 0. The number of unbranched alkanes of at least 4 members (excludes halogenated alkanes) is 1. The number of halogens is 3. The van der Waals surface area contributed by atoms with Gasteiger partial charge >= 0.3 is 18.2 Å². The zero-order valence-electron chi connectivity index (χ0n) is 10.0. The van der Waals surface area contributed by atoms with Crippen LogP contribution in [0.5, 0.6) is 0 Å². The lowest BCUT2D eigenvalue weighted by Crippen LogP contribution is -2.40. The average molecular weight is 284 g/mol. The molecule has 3 amide bonds. The molecule has 0 aromatic rings. The van der Waals surface area contributed by atoms with Crippen molar-refractivity contribution >= 4 is 17.9 Å². The molecule has 0 aromatic carbocycles. The number of nitrogens with one attached hydrogen (secondary N) is 2. The SMILES string of the molecule is O=C(O)CCCCC(=O)NC(=O)NCCC(F)(F)F. The zero-order chi connectivity index (χ0) is 14.9. The van der Waals surface area contributed by atoms with Crippen LogP contribution in [0.15, 0.2) is 0 Å². The van der Waals surface area contributed by atoms with Crippen molar-refractivity contribution in [3.05, 3.63) is 0 Å². The Balaban J connectivity index is 3.64. The number of aliphatic carboxylic acids is 1. The summed E-state index contributed by atoms with van der Waals surface area (Å²) in [6.07, 6.45) is -5.10. The van der Waals surface area contributed by atoms with Crippen LogP contribution in [-0.2, 0) is 9.59 Å². The van der Waals surface area contributed by atoms with Gasteiger partial charge in [-0.1, -0.05) is 0 Å². The summed E-state index contributed by atoms with van der Waals surface area (Å²) in [5.74, 6) is -1.64. The first-order chi connectivity index (χ1) is 8.70. The molecule has 0 rings (SSSR count). The zero-order valence-corrected chi connectivity index (χ0v) is 10.0. The Hall–Kier alpha value is -1.80. The van der Waals surface area contributed by atoms with Crippen molar-refractivity contribution in [2.45, 2.75) is 38.3 Å². The van der Waals surface area contributed by atoms with Gasteiger partial charge in [0, 0.05) is 19.4 Å². The van der Waals surface area contributed by atoms with Crippen LogP contribution in [-0.4, -0.2) is 35.7 Å². The van der Waals surface area contributed by atoms with E-state index in [0.717, 1.165) is 0 Å². The minimum Gasteiger partial charge on any atom is -0.481 e. The number of carbonyl (C=O) groups is 3. The van der Waals surface area contributed by atoms with Crippen molar-refractivity contribution in [3.63, 3.8) is 0 Å². The van der Waals surface area contributed by atoms with Crippen molar-refractivity contribution < 1.29 is 32.7 Å². The summed E-state index contributed by atoms with van der Waals surface area (Å²) in [6.45, 7) is -0.609. The second kappa shape index (κ2) is 8.33. The highest BCUT2D eigenvalue weighted by Gasteiger charge is 2.26. The van der Waals surface area contributed by atoms with Gasteiger partial charge in [0.15, 0.2) is 0 Å². The van der Waals surface area contributed by atoms with Gasteiger partial charge in [-0.3, -0.25) is 14.9 Å². The van der Waals surface area contributed by atoms with Gasteiger partial charge in [-0.15, -0.1) is 0 Å². The molecule has 110 valence electrons. The average Bonchev–Trinajstić information content (AvgIpc) is 2.22. The minimum atomic E-state index is -4.37. The van der Waals surface area contributed by atoms with Crippen LogP contribution in [0.2, 0.25) is 0 Å². The van der Waals surface area contributed by atoms with E-state index < -0.39 is 37.0 Å². The molecule has 0 spiro atoms. The fraction of sp³-hybridized carbons (Fsp3) is 0.700. The lowest BCUT2D eigenvalue weighted by Gasteiger charge is -2.08. The van der Waals surface area contributed by atoms with E-state index in [-0.39, 0.29) is 19.3 Å². The van der Waals surface area contributed by atoms with Crippen LogP contribution in [0.1, 0.15) is 32.1 Å². The third-order valence-electron chi connectivity index (χ3n) is 1.99. The van der Waals surface area contributed by atoms with E-state index >= 15 is 0 Å². The predicted octanol–water partition coefficient (Wildman–Crippen LogP) is 1.41. The Morgan fingerprint density at radius 2 is 1.63 bits per heavy atom. The molecule has 0 saturated carbocycles. The molecule has 0 aliphatic rings. The molecule has 0 radical (unpaired) electrons. The minimum absolute atomic E-state index is 0.0556. The molecule has 0 aromatic heterocycles. The number of rotatable bonds is 7. The molecule has 3 N–H and O–H groups in total. The van der Waals surface area contributed by atoms with Crippen LogP contribution in [0.25, 0.3) is 0 Å². The maximum absolute atomic E-state index is 11.8. The van der Waals surface area contributed by atoms with Gasteiger partial charge in [0.1, 0.15) is 0 Å². The molecule has 0 fully saturated rings. The van der Waals surface area contributed by atoms with Gasteiger partial charge in [0.25, 0.3) is 0 Å². The summed E-state index contributed by atoms with van der Waals surface area (Å²) in [4.78, 5) is 32.3. The molecule has 0 saturated heterocycles. The molecular formula is C10H15F3N2O4. The lowest BCUT2D eigenvalue weighted by atomic mass is 10.2. The molecule has 0 unspecified atom stereocenters. The second-order valence-corrected chi connectivity index (χ2v) is 3.77. The van der Waals surface area contributed by atoms with Crippen molar-refractivity contribution in [2.24, 2.45) is 0 Å². The summed E-state index contributed by atoms with van der Waals surface area (Å²) in [5.41, 5.74) is 0. The van der Waals surface area contributed by atoms with E-state index in [1.165, 1.54) is 0 Å². The van der Waals surface area contributed by atoms with E-state index in [1.54, 1.807) is 0 Å². The Labute approximate surface area is 107 Å². The summed E-state index contributed by atoms with van der Waals surface area (Å²) in [5, 5.41) is 12.1. The molecule has 9 heteroatoms. The first-order valence-corrected chi connectivity index (χ1v) is 5.57. The van der Waals surface area contributed by atoms with E-state index in [4.69, 9.17) is 5.11 Å². The highest BCUT2D eigenvalue weighted by Crippen LogP contribution is 2.17. The van der Waals surface area contributed by atoms with Gasteiger partial charge < -0.3 is 10.4 Å². The summed E-state index contributed by atoms with van der Waals surface area (Å²) < 4.78 is 35.3. The smallest absolute Gasteiger partial charge is 0.390 e. The van der Waals surface area contributed by atoms with Gasteiger partial charge in [-0.05, 0) is 12.8 Å². The molecule has 0 aliphatic heterocycles. The molecule has 0 aliphatic carbocycles. The highest BCUT2D eigenvalue weighted by molar-refractivity contribution is 5.94. The lowest BCUT2D eigenvalue weighted by molar-refractivity contribution is -0.137. The number of carboxylic acids is 1. The molecular weight excluding hydrogens is 269 g/mol. The molecule has 0 bridgehead atoms. The number of carboxylic acid groups (broad SMARTS) is 1. The number of hydrogen-bond acceptors (Lipinski definition) is 3. The van der Waals surface area contributed by atoms with Crippen LogP contribution in [0.4, 0.5) is 18.0 Å².